The van der Waals surface area contributed by atoms with Gasteiger partial charge in [-0.15, -0.1) is 0 Å². The van der Waals surface area contributed by atoms with Crippen LogP contribution < -0.4 is 10.6 Å². The molecule has 2 aromatic heterocycles. The molecule has 2 saturated heterocycles. The molecular weight excluding hydrogens is 773 g/mol. The first-order valence-corrected chi connectivity index (χ1v) is 20.5. The quantitative estimate of drug-likeness (QED) is 0.0906. The van der Waals surface area contributed by atoms with E-state index in [-0.39, 0.29) is 23.9 Å². The van der Waals surface area contributed by atoms with Crippen molar-refractivity contribution in [2.24, 2.45) is 0 Å². The van der Waals surface area contributed by atoms with Crippen LogP contribution in [0.3, 0.4) is 0 Å². The van der Waals surface area contributed by atoms with E-state index in [9.17, 15) is 24.3 Å². The predicted octanol–water partition coefficient (Wildman–Crippen LogP) is 9.13. The highest BCUT2D eigenvalue weighted by Crippen LogP contribution is 2.36. The third kappa shape index (κ3) is 9.03. The van der Waals surface area contributed by atoms with Crippen molar-refractivity contribution < 1.29 is 29.0 Å². The summed E-state index contributed by atoms with van der Waals surface area (Å²) in [6, 6.07) is 30.7. The van der Waals surface area contributed by atoms with Gasteiger partial charge < -0.3 is 34.9 Å². The number of anilines is 1. The molecule has 0 bridgehead atoms. The van der Waals surface area contributed by atoms with Crippen LogP contribution in [0.2, 0.25) is 0 Å². The molecule has 3 atom stereocenters. The number of rotatable bonds is 10. The Morgan fingerprint density at radius 1 is 0.705 bits per heavy atom. The highest BCUT2D eigenvalue weighted by molar-refractivity contribution is 6.03. The van der Waals surface area contributed by atoms with Crippen LogP contribution in [0.5, 0.6) is 0 Å². The van der Waals surface area contributed by atoms with Crippen LogP contribution in [0.15, 0.2) is 116 Å². The van der Waals surface area contributed by atoms with E-state index in [0.29, 0.717) is 48.0 Å². The Hall–Kier alpha value is -7.22. The number of ether oxygens (including phenoxy) is 1. The van der Waals surface area contributed by atoms with Crippen molar-refractivity contribution in [2.45, 2.75) is 70.2 Å². The van der Waals surface area contributed by atoms with E-state index in [0.717, 1.165) is 52.9 Å². The molecule has 8 rings (SSSR count). The first kappa shape index (κ1) is 40.6. The molecule has 14 nitrogen and oxygen atoms in total. The summed E-state index contributed by atoms with van der Waals surface area (Å²) >= 11 is 0. The maximum Gasteiger partial charge on any atom is 0.412 e. The van der Waals surface area contributed by atoms with E-state index in [1.165, 1.54) is 0 Å². The first-order valence-electron chi connectivity index (χ1n) is 20.5. The molecule has 14 heteroatoms. The van der Waals surface area contributed by atoms with Gasteiger partial charge in [-0.1, -0.05) is 91.0 Å². The first-order chi connectivity index (χ1) is 29.4. The molecule has 312 valence electrons. The SMILES string of the molecule is CC(C)(C)OC(=O)Nc1ccccc1C(=O)N1CCC[C@H]1c1ncc(-c2ccc(-c3ccc(-c4cnc([C@@H]5CCCN5C(=O)[C@H](NC(=O)O)c5ccccc5)[nH]4)cc3)cc2)[nH]1. The van der Waals surface area contributed by atoms with E-state index in [4.69, 9.17) is 9.72 Å². The van der Waals surface area contributed by atoms with Crippen molar-refractivity contribution in [1.82, 2.24) is 35.1 Å². The molecule has 0 saturated carbocycles. The summed E-state index contributed by atoms with van der Waals surface area (Å²) < 4.78 is 5.42. The molecule has 2 aliphatic rings. The smallest absolute Gasteiger partial charge is 0.412 e. The Bertz CT molecular complexity index is 2530. The van der Waals surface area contributed by atoms with Gasteiger partial charge in [-0.3, -0.25) is 14.9 Å². The highest BCUT2D eigenvalue weighted by atomic mass is 16.6. The number of likely N-dealkylation sites (tertiary alicyclic amines) is 2. The van der Waals surface area contributed by atoms with Crippen molar-refractivity contribution in [3.05, 3.63) is 138 Å². The van der Waals surface area contributed by atoms with Crippen LogP contribution in [0, 0.1) is 0 Å². The number of aromatic amines is 2. The van der Waals surface area contributed by atoms with Crippen LogP contribution in [0.1, 0.15) is 92.2 Å². The molecule has 4 aromatic carbocycles. The van der Waals surface area contributed by atoms with Crippen molar-refractivity contribution in [1.29, 1.82) is 0 Å². The summed E-state index contributed by atoms with van der Waals surface area (Å²) in [5.41, 5.74) is 6.33. The average Bonchev–Trinajstić information content (AvgIpc) is 4.09. The second kappa shape index (κ2) is 17.2. The largest absolute Gasteiger partial charge is 0.465 e. The Balaban J connectivity index is 0.918. The molecule has 0 spiro atoms. The fraction of sp³-hybridized carbons (Fsp3) is 0.277. The van der Waals surface area contributed by atoms with Crippen molar-refractivity contribution >= 4 is 29.7 Å². The number of para-hydroxylation sites is 1. The van der Waals surface area contributed by atoms with Gasteiger partial charge in [-0.25, -0.2) is 19.6 Å². The van der Waals surface area contributed by atoms with E-state index >= 15 is 0 Å². The molecule has 4 amide bonds. The van der Waals surface area contributed by atoms with E-state index < -0.39 is 23.8 Å². The third-order valence-corrected chi connectivity index (χ3v) is 11.0. The van der Waals surface area contributed by atoms with Crippen LogP contribution in [0.25, 0.3) is 33.6 Å². The molecule has 61 heavy (non-hydrogen) atoms. The number of carbonyl (C=O) groups is 4. The minimum Gasteiger partial charge on any atom is -0.465 e. The summed E-state index contributed by atoms with van der Waals surface area (Å²) in [5, 5.41) is 14.6. The van der Waals surface area contributed by atoms with Gasteiger partial charge in [0.2, 0.25) is 0 Å². The number of carbonyl (C=O) groups excluding carboxylic acids is 3. The molecule has 2 aliphatic heterocycles. The summed E-state index contributed by atoms with van der Waals surface area (Å²) in [7, 11) is 0. The Kier molecular flexibility index (Phi) is 11.4. The third-order valence-electron chi connectivity index (χ3n) is 11.0. The van der Waals surface area contributed by atoms with Crippen LogP contribution in [-0.4, -0.2) is 77.5 Å². The second-order valence-corrected chi connectivity index (χ2v) is 16.3. The molecule has 5 N–H and O–H groups in total. The Labute approximate surface area is 353 Å². The minimum absolute atomic E-state index is 0.188. The maximum absolute atomic E-state index is 13.9. The molecule has 6 aromatic rings. The van der Waals surface area contributed by atoms with E-state index in [2.05, 4.69) is 49.9 Å². The monoisotopic (exact) mass is 820 g/mol. The fourth-order valence-corrected chi connectivity index (χ4v) is 8.17. The van der Waals surface area contributed by atoms with Gasteiger partial charge in [-0.2, -0.15) is 0 Å². The number of hydrogen-bond acceptors (Lipinski definition) is 7. The lowest BCUT2D eigenvalue weighted by Crippen LogP contribution is -2.42. The highest BCUT2D eigenvalue weighted by Gasteiger charge is 2.37. The van der Waals surface area contributed by atoms with Crippen LogP contribution >= 0.6 is 0 Å². The lowest BCUT2D eigenvalue weighted by Gasteiger charge is -2.28. The fourth-order valence-electron chi connectivity index (χ4n) is 8.17. The number of carboxylic acid groups (broad SMARTS) is 1. The van der Waals surface area contributed by atoms with Crippen molar-refractivity contribution in [3.63, 3.8) is 0 Å². The second-order valence-electron chi connectivity index (χ2n) is 16.3. The topological polar surface area (TPSA) is 186 Å². The number of imidazole rings is 2. The van der Waals surface area contributed by atoms with Gasteiger partial charge in [0.25, 0.3) is 11.8 Å². The van der Waals surface area contributed by atoms with Gasteiger partial charge in [0.15, 0.2) is 0 Å². The van der Waals surface area contributed by atoms with Crippen LogP contribution in [-0.2, 0) is 9.53 Å². The van der Waals surface area contributed by atoms with Gasteiger partial charge in [0.1, 0.15) is 23.3 Å². The number of amides is 4. The lowest BCUT2D eigenvalue weighted by molar-refractivity contribution is -0.134. The normalized spacial score (nSPS) is 16.9. The number of hydrogen-bond donors (Lipinski definition) is 5. The summed E-state index contributed by atoms with van der Waals surface area (Å²) in [5.74, 6) is 0.875. The lowest BCUT2D eigenvalue weighted by atomic mass is 10.0. The molecule has 0 aliphatic carbocycles. The number of H-pyrrole nitrogens is 2. The molecule has 0 radical (unpaired) electrons. The van der Waals surface area contributed by atoms with E-state index in [1.54, 1.807) is 86.6 Å². The Morgan fingerprint density at radius 2 is 1.21 bits per heavy atom. The predicted molar refractivity (Wildman–Crippen MR) is 230 cm³/mol. The standard InChI is InChI=1S/C47H48N8O6/c1-47(2,3)61-46(60)52-35-14-8-7-13-34(35)43(56)54-25-9-15-38(54)41-48-27-36(50-41)31-21-17-29(18-22-31)30-19-23-32(24-20-30)37-28-49-42(51-37)39-16-10-26-55(39)44(57)40(53-45(58)59)33-11-5-4-6-12-33/h4-8,11-14,17-24,27-28,38-40,53H,9-10,15-16,25-26H2,1-3H3,(H,48,50)(H,49,51)(H,52,60)(H,58,59)/t38-,39-,40+/m0/s1. The number of nitrogens with one attached hydrogen (secondary N) is 4. The molecular formula is C47H48N8O6. The maximum atomic E-state index is 13.9. The summed E-state index contributed by atoms with van der Waals surface area (Å²) in [4.78, 5) is 71.6. The van der Waals surface area contributed by atoms with E-state index in [1.807, 2.05) is 35.2 Å². The zero-order chi connectivity index (χ0) is 42.7. The van der Waals surface area contributed by atoms with Gasteiger partial charge in [0.05, 0.1) is 47.1 Å². The summed E-state index contributed by atoms with van der Waals surface area (Å²) in [6.45, 7) is 6.44. The van der Waals surface area contributed by atoms with Gasteiger partial charge in [-0.05, 0) is 86.4 Å². The average molecular weight is 821 g/mol. The minimum atomic E-state index is -1.26. The zero-order valence-electron chi connectivity index (χ0n) is 34.2. The zero-order valence-corrected chi connectivity index (χ0v) is 34.2. The Morgan fingerprint density at radius 3 is 1.77 bits per heavy atom. The number of benzene rings is 4. The summed E-state index contributed by atoms with van der Waals surface area (Å²) in [6.07, 6.45) is 4.77. The number of aromatic nitrogens is 4. The van der Waals surface area contributed by atoms with Crippen molar-refractivity contribution in [3.8, 4) is 33.6 Å². The van der Waals surface area contributed by atoms with Crippen molar-refractivity contribution in [2.75, 3.05) is 18.4 Å². The molecule has 2 fully saturated rings. The molecule has 0 unspecified atom stereocenters. The number of nitrogens with zero attached hydrogens (tertiary/aromatic N) is 4. The molecule has 4 heterocycles. The van der Waals surface area contributed by atoms with Gasteiger partial charge >= 0.3 is 12.2 Å². The van der Waals surface area contributed by atoms with Gasteiger partial charge in [0, 0.05) is 13.1 Å². The van der Waals surface area contributed by atoms with Crippen LogP contribution in [0.4, 0.5) is 15.3 Å².